The van der Waals surface area contributed by atoms with Gasteiger partial charge in [0.1, 0.15) is 0 Å². The van der Waals surface area contributed by atoms with Crippen molar-refractivity contribution in [2.75, 3.05) is 13.7 Å². The third-order valence-electron chi connectivity index (χ3n) is 4.55. The molecule has 2 atom stereocenters. The van der Waals surface area contributed by atoms with Crippen molar-refractivity contribution >= 4 is 23.4 Å². The van der Waals surface area contributed by atoms with Gasteiger partial charge in [0.2, 0.25) is 5.88 Å². The van der Waals surface area contributed by atoms with E-state index in [0.717, 1.165) is 24.2 Å². The normalized spacial score (nSPS) is 24.0. The number of pyridine rings is 1. The molecule has 114 valence electrons. The molecule has 0 aromatic carbocycles. The lowest BCUT2D eigenvalue weighted by atomic mass is 9.64. The third kappa shape index (κ3) is 2.17. The van der Waals surface area contributed by atoms with Crippen LogP contribution in [0.2, 0.25) is 0 Å². The molecule has 2 unspecified atom stereocenters. The van der Waals surface area contributed by atoms with E-state index >= 15 is 0 Å². The molecule has 21 heavy (non-hydrogen) atoms. The van der Waals surface area contributed by atoms with Gasteiger partial charge >= 0.3 is 0 Å². The van der Waals surface area contributed by atoms with Gasteiger partial charge in [0.25, 0.3) is 0 Å². The predicted molar refractivity (Wildman–Crippen MR) is 84.3 cm³/mol. The van der Waals surface area contributed by atoms with Gasteiger partial charge in [0, 0.05) is 24.1 Å². The largest absolute Gasteiger partial charge is 0.481 e. The topological polar surface area (TPSA) is 52.1 Å². The van der Waals surface area contributed by atoms with Gasteiger partial charge in [0.05, 0.1) is 18.7 Å². The Morgan fingerprint density at radius 3 is 2.86 bits per heavy atom. The maximum absolute atomic E-state index is 5.82. The van der Waals surface area contributed by atoms with E-state index in [4.69, 9.17) is 21.7 Å². The molecule has 6 heteroatoms. The summed E-state index contributed by atoms with van der Waals surface area (Å²) in [4.78, 5) is 7.79. The van der Waals surface area contributed by atoms with Crippen molar-refractivity contribution in [3.63, 3.8) is 0 Å². The predicted octanol–water partition coefficient (Wildman–Crippen LogP) is 3.48. The van der Waals surface area contributed by atoms with E-state index < -0.39 is 0 Å². The van der Waals surface area contributed by atoms with Crippen LogP contribution in [0.3, 0.4) is 0 Å². The molecule has 1 fully saturated rings. The molecule has 0 amide bonds. The molecule has 2 aromatic rings. The Balaban J connectivity index is 2.05. The summed E-state index contributed by atoms with van der Waals surface area (Å²) in [6.45, 7) is 7.23. The fourth-order valence-corrected chi connectivity index (χ4v) is 3.50. The van der Waals surface area contributed by atoms with Gasteiger partial charge in [-0.25, -0.2) is 0 Å². The van der Waals surface area contributed by atoms with Gasteiger partial charge < -0.3 is 14.5 Å². The van der Waals surface area contributed by atoms with Crippen LogP contribution in [-0.2, 0) is 4.74 Å². The van der Waals surface area contributed by atoms with Crippen molar-refractivity contribution in [3.05, 3.63) is 16.9 Å². The first-order chi connectivity index (χ1) is 9.98. The van der Waals surface area contributed by atoms with Gasteiger partial charge in [-0.05, 0) is 31.6 Å². The number of hydrogen-bond donors (Lipinski definition) is 1. The highest BCUT2D eigenvalue weighted by molar-refractivity contribution is 7.71. The minimum atomic E-state index is 0.0358. The van der Waals surface area contributed by atoms with Gasteiger partial charge in [0.15, 0.2) is 10.4 Å². The van der Waals surface area contributed by atoms with Crippen LogP contribution < -0.4 is 4.74 Å². The summed E-state index contributed by atoms with van der Waals surface area (Å²) in [5.74, 6) is 0.601. The van der Waals surface area contributed by atoms with E-state index in [1.54, 1.807) is 7.11 Å². The van der Waals surface area contributed by atoms with Crippen LogP contribution in [0.5, 0.6) is 5.88 Å². The lowest BCUT2D eigenvalue weighted by Crippen LogP contribution is -2.51. The van der Waals surface area contributed by atoms with Crippen molar-refractivity contribution in [3.8, 4) is 5.88 Å². The lowest BCUT2D eigenvalue weighted by molar-refractivity contribution is -0.127. The minimum Gasteiger partial charge on any atom is -0.481 e. The molecule has 0 radical (unpaired) electrons. The van der Waals surface area contributed by atoms with Crippen molar-refractivity contribution in [1.29, 1.82) is 0 Å². The van der Waals surface area contributed by atoms with Crippen LogP contribution in [0.4, 0.5) is 0 Å². The van der Waals surface area contributed by atoms with E-state index in [1.165, 1.54) is 0 Å². The number of methoxy groups -OCH3 is 1. The molecule has 1 aliphatic rings. The first-order valence-corrected chi connectivity index (χ1v) is 7.66. The number of H-pyrrole nitrogens is 1. The fourth-order valence-electron chi connectivity index (χ4n) is 3.17. The zero-order valence-corrected chi connectivity index (χ0v) is 13.7. The Morgan fingerprint density at radius 1 is 1.48 bits per heavy atom. The number of rotatable bonds is 4. The molecule has 1 N–H and O–H groups in total. The molecular formula is C15H21N3O2S. The average Bonchev–Trinajstić information content (AvgIpc) is 2.78. The Hall–Kier alpha value is -1.40. The number of aromatic nitrogens is 3. The van der Waals surface area contributed by atoms with Crippen molar-refractivity contribution in [2.45, 2.75) is 39.3 Å². The highest BCUT2D eigenvalue weighted by Gasteiger charge is 2.50. The number of hydrogen-bond acceptors (Lipinski definition) is 4. The zero-order valence-electron chi connectivity index (χ0n) is 12.8. The fraction of sp³-hybridized carbons (Fsp3) is 0.600. The third-order valence-corrected chi connectivity index (χ3v) is 4.85. The molecule has 1 saturated carbocycles. The van der Waals surface area contributed by atoms with Gasteiger partial charge in [-0.2, -0.15) is 4.98 Å². The summed E-state index contributed by atoms with van der Waals surface area (Å²) in [5.41, 5.74) is 1.83. The summed E-state index contributed by atoms with van der Waals surface area (Å²) in [6.07, 6.45) is 1.23. The molecule has 1 aliphatic carbocycles. The van der Waals surface area contributed by atoms with Crippen LogP contribution in [0.1, 0.15) is 33.2 Å². The molecule has 3 rings (SSSR count). The van der Waals surface area contributed by atoms with Crippen molar-refractivity contribution in [2.24, 2.45) is 5.41 Å². The van der Waals surface area contributed by atoms with Crippen LogP contribution in [0.25, 0.3) is 11.2 Å². The second kappa shape index (κ2) is 5.10. The average molecular weight is 307 g/mol. The molecule has 0 aliphatic heterocycles. The smallest absolute Gasteiger partial charge is 0.215 e. The molecule has 0 bridgehead atoms. The number of ether oxygens (including phenoxy) is 2. The van der Waals surface area contributed by atoms with Crippen LogP contribution in [0, 0.1) is 10.2 Å². The number of nitrogens with zero attached hydrogens (tertiary/aromatic N) is 2. The minimum absolute atomic E-state index is 0.0358. The van der Waals surface area contributed by atoms with Gasteiger partial charge in [-0.1, -0.05) is 13.8 Å². The number of imidazole rings is 1. The van der Waals surface area contributed by atoms with Gasteiger partial charge in [-0.3, -0.25) is 4.57 Å². The Kier molecular flexibility index (Phi) is 3.53. The van der Waals surface area contributed by atoms with E-state index in [0.29, 0.717) is 10.7 Å². The molecular weight excluding hydrogens is 286 g/mol. The standard InChI is InChI=1S/C15H21N3O2S/c1-5-20-11-8-10(15(11,2)3)18-13-9(16-14(18)21)6-7-12(17-13)19-4/h6-7,10-11H,5,8H2,1-4H3,(H,16,21). The van der Waals surface area contributed by atoms with E-state index in [-0.39, 0.29) is 17.6 Å². The Labute approximate surface area is 129 Å². The van der Waals surface area contributed by atoms with Crippen molar-refractivity contribution in [1.82, 2.24) is 14.5 Å². The zero-order chi connectivity index (χ0) is 15.2. The van der Waals surface area contributed by atoms with Crippen LogP contribution in [-0.4, -0.2) is 34.4 Å². The summed E-state index contributed by atoms with van der Waals surface area (Å²) in [7, 11) is 1.62. The second-order valence-corrected chi connectivity index (χ2v) is 6.43. The Bertz CT molecular complexity index is 719. The van der Waals surface area contributed by atoms with Crippen LogP contribution in [0.15, 0.2) is 12.1 Å². The summed E-state index contributed by atoms with van der Waals surface area (Å²) < 4.78 is 13.9. The number of nitrogens with one attached hydrogen (secondary N) is 1. The van der Waals surface area contributed by atoms with Crippen LogP contribution >= 0.6 is 12.2 Å². The van der Waals surface area contributed by atoms with E-state index in [2.05, 4.69) is 28.4 Å². The van der Waals surface area contributed by atoms with E-state index in [1.807, 2.05) is 19.1 Å². The first-order valence-electron chi connectivity index (χ1n) is 7.26. The molecule has 0 spiro atoms. The molecule has 5 nitrogen and oxygen atoms in total. The van der Waals surface area contributed by atoms with E-state index in [9.17, 15) is 0 Å². The number of aromatic amines is 1. The van der Waals surface area contributed by atoms with Gasteiger partial charge in [-0.15, -0.1) is 0 Å². The van der Waals surface area contributed by atoms with Crippen molar-refractivity contribution < 1.29 is 9.47 Å². The first kappa shape index (κ1) is 14.5. The summed E-state index contributed by atoms with van der Waals surface area (Å²) in [6, 6.07) is 4.08. The highest BCUT2D eigenvalue weighted by atomic mass is 32.1. The summed E-state index contributed by atoms with van der Waals surface area (Å²) >= 11 is 5.50. The quantitative estimate of drug-likeness (QED) is 0.879. The Morgan fingerprint density at radius 2 is 2.24 bits per heavy atom. The molecule has 0 saturated heterocycles. The maximum atomic E-state index is 5.82. The monoisotopic (exact) mass is 307 g/mol. The summed E-state index contributed by atoms with van der Waals surface area (Å²) in [5, 5.41) is 0. The highest BCUT2D eigenvalue weighted by Crippen LogP contribution is 2.52. The molecule has 2 heterocycles. The maximum Gasteiger partial charge on any atom is 0.215 e. The number of fused-ring (bicyclic) bond motifs is 1. The molecule has 2 aromatic heterocycles. The second-order valence-electron chi connectivity index (χ2n) is 6.04. The SMILES string of the molecule is CCOC1CC(n2c(=S)[nH]c3ccc(OC)nc32)C1(C)C. The lowest BCUT2D eigenvalue weighted by Gasteiger charge is -2.51.